The molecule has 3 N–H and O–H groups in total. The van der Waals surface area contributed by atoms with Gasteiger partial charge in [-0.25, -0.2) is 0 Å². The van der Waals surface area contributed by atoms with Gasteiger partial charge in [-0.1, -0.05) is 0 Å². The Hall–Kier alpha value is -0.0800. The third-order valence-corrected chi connectivity index (χ3v) is 1.68. The first-order chi connectivity index (χ1) is 4.08. The van der Waals surface area contributed by atoms with E-state index in [2.05, 4.69) is 19.2 Å². The highest BCUT2D eigenvalue weighted by atomic mass is 15.0. The number of hydrogen-bond acceptors (Lipinski definition) is 2. The van der Waals surface area contributed by atoms with Crippen LogP contribution in [0.4, 0.5) is 0 Å². The molecule has 0 atom stereocenters. The van der Waals surface area contributed by atoms with E-state index in [0.29, 0.717) is 0 Å². The molecule has 1 fully saturated rings. The molecule has 2 nitrogen and oxygen atoms in total. The van der Waals surface area contributed by atoms with E-state index in [1.54, 1.807) is 0 Å². The zero-order valence-corrected chi connectivity index (χ0v) is 6.28. The number of nitrogens with two attached hydrogens (primary N) is 1. The molecule has 0 aromatic heterocycles. The van der Waals surface area contributed by atoms with Gasteiger partial charge in [-0.05, 0) is 39.3 Å². The Bertz CT molecular complexity index is 89.6. The van der Waals surface area contributed by atoms with Crippen LogP contribution in [0.3, 0.4) is 0 Å². The molecule has 1 rings (SSSR count). The summed E-state index contributed by atoms with van der Waals surface area (Å²) in [6, 6.07) is 0. The summed E-state index contributed by atoms with van der Waals surface area (Å²) >= 11 is 0. The van der Waals surface area contributed by atoms with Gasteiger partial charge in [-0.15, -0.1) is 0 Å². The van der Waals surface area contributed by atoms with Crippen molar-refractivity contribution in [2.75, 3.05) is 13.1 Å². The van der Waals surface area contributed by atoms with Gasteiger partial charge in [0.05, 0.1) is 0 Å². The summed E-state index contributed by atoms with van der Waals surface area (Å²) in [5.74, 6) is 0.838. The lowest BCUT2D eigenvalue weighted by molar-refractivity contribution is 0.270. The molecule has 0 aliphatic carbocycles. The van der Waals surface area contributed by atoms with Crippen LogP contribution in [-0.4, -0.2) is 18.6 Å². The van der Waals surface area contributed by atoms with Gasteiger partial charge in [0.2, 0.25) is 0 Å². The van der Waals surface area contributed by atoms with Crippen LogP contribution in [0.25, 0.3) is 0 Å². The monoisotopic (exact) mass is 128 g/mol. The second-order valence-corrected chi connectivity index (χ2v) is 3.72. The summed E-state index contributed by atoms with van der Waals surface area (Å²) in [5, 5.41) is 3.23. The van der Waals surface area contributed by atoms with E-state index in [-0.39, 0.29) is 5.54 Å². The molecular formula is C7H16N2. The SMILES string of the molecule is CC(C)(N)CC1CNC1. The Morgan fingerprint density at radius 3 is 2.22 bits per heavy atom. The molecule has 0 spiro atoms. The maximum Gasteiger partial charge on any atom is 0.0101 e. The molecule has 0 bridgehead atoms. The van der Waals surface area contributed by atoms with Crippen molar-refractivity contribution >= 4 is 0 Å². The van der Waals surface area contributed by atoms with Gasteiger partial charge in [-0.3, -0.25) is 0 Å². The molecule has 54 valence electrons. The second kappa shape index (κ2) is 2.27. The minimum atomic E-state index is 0.0345. The predicted molar refractivity (Wildman–Crippen MR) is 39.2 cm³/mol. The highest BCUT2D eigenvalue weighted by Gasteiger charge is 2.23. The molecule has 0 radical (unpaired) electrons. The van der Waals surface area contributed by atoms with Crippen LogP contribution in [0.1, 0.15) is 20.3 Å². The number of nitrogens with one attached hydrogen (secondary N) is 1. The zero-order chi connectivity index (χ0) is 6.91. The first-order valence-electron chi connectivity index (χ1n) is 3.57. The lowest BCUT2D eigenvalue weighted by Crippen LogP contribution is -2.47. The fourth-order valence-corrected chi connectivity index (χ4v) is 1.24. The van der Waals surface area contributed by atoms with Crippen LogP contribution in [-0.2, 0) is 0 Å². The van der Waals surface area contributed by atoms with Crippen molar-refractivity contribution in [2.45, 2.75) is 25.8 Å². The second-order valence-electron chi connectivity index (χ2n) is 3.72. The fraction of sp³-hybridized carbons (Fsp3) is 1.00. The molecule has 1 aliphatic rings. The molecule has 0 amide bonds. The topological polar surface area (TPSA) is 38.0 Å². The highest BCUT2D eigenvalue weighted by Crippen LogP contribution is 2.16. The molecule has 0 aromatic carbocycles. The molecule has 0 aromatic rings. The van der Waals surface area contributed by atoms with Gasteiger partial charge in [0, 0.05) is 5.54 Å². The molecule has 0 saturated carbocycles. The van der Waals surface area contributed by atoms with Crippen molar-refractivity contribution in [3.63, 3.8) is 0 Å². The maximum absolute atomic E-state index is 5.82. The van der Waals surface area contributed by atoms with Gasteiger partial charge in [0.15, 0.2) is 0 Å². The van der Waals surface area contributed by atoms with E-state index in [9.17, 15) is 0 Å². The first kappa shape index (κ1) is 7.03. The molecular weight excluding hydrogens is 112 g/mol. The lowest BCUT2D eigenvalue weighted by Gasteiger charge is -2.32. The van der Waals surface area contributed by atoms with Crippen molar-refractivity contribution in [3.8, 4) is 0 Å². The normalized spacial score (nSPS) is 21.7. The van der Waals surface area contributed by atoms with Crippen molar-refractivity contribution < 1.29 is 0 Å². The van der Waals surface area contributed by atoms with Crippen molar-refractivity contribution in [1.29, 1.82) is 0 Å². The minimum absolute atomic E-state index is 0.0345. The van der Waals surface area contributed by atoms with Crippen LogP contribution < -0.4 is 11.1 Å². The standard InChI is InChI=1S/C7H16N2/c1-7(2,8)3-6-4-9-5-6/h6,9H,3-5,8H2,1-2H3. The van der Waals surface area contributed by atoms with Crippen LogP contribution in [0.2, 0.25) is 0 Å². The van der Waals surface area contributed by atoms with Crippen LogP contribution in [0.15, 0.2) is 0 Å². The van der Waals surface area contributed by atoms with Gasteiger partial charge in [0.25, 0.3) is 0 Å². The Morgan fingerprint density at radius 2 is 2.11 bits per heavy atom. The summed E-state index contributed by atoms with van der Waals surface area (Å²) in [5.41, 5.74) is 5.85. The largest absolute Gasteiger partial charge is 0.326 e. The van der Waals surface area contributed by atoms with E-state index >= 15 is 0 Å². The van der Waals surface area contributed by atoms with Crippen LogP contribution in [0.5, 0.6) is 0 Å². The first-order valence-corrected chi connectivity index (χ1v) is 3.57. The van der Waals surface area contributed by atoms with Gasteiger partial charge < -0.3 is 11.1 Å². The molecule has 9 heavy (non-hydrogen) atoms. The average Bonchev–Trinajstić information content (AvgIpc) is 1.53. The van der Waals surface area contributed by atoms with Crippen LogP contribution >= 0.6 is 0 Å². The molecule has 0 unspecified atom stereocenters. The zero-order valence-electron chi connectivity index (χ0n) is 6.28. The van der Waals surface area contributed by atoms with Gasteiger partial charge >= 0.3 is 0 Å². The fourth-order valence-electron chi connectivity index (χ4n) is 1.24. The van der Waals surface area contributed by atoms with E-state index in [4.69, 9.17) is 5.73 Å². The molecule has 1 saturated heterocycles. The van der Waals surface area contributed by atoms with E-state index in [0.717, 1.165) is 12.3 Å². The maximum atomic E-state index is 5.82. The summed E-state index contributed by atoms with van der Waals surface area (Å²) in [4.78, 5) is 0. The third-order valence-electron chi connectivity index (χ3n) is 1.68. The number of hydrogen-bond donors (Lipinski definition) is 2. The van der Waals surface area contributed by atoms with Gasteiger partial charge in [0.1, 0.15) is 0 Å². The average molecular weight is 128 g/mol. The summed E-state index contributed by atoms with van der Waals surface area (Å²) < 4.78 is 0. The third kappa shape index (κ3) is 2.33. The molecule has 2 heteroatoms. The highest BCUT2D eigenvalue weighted by molar-refractivity contribution is 4.83. The van der Waals surface area contributed by atoms with Crippen molar-refractivity contribution in [2.24, 2.45) is 11.7 Å². The van der Waals surface area contributed by atoms with E-state index in [1.165, 1.54) is 13.1 Å². The van der Waals surface area contributed by atoms with E-state index < -0.39 is 0 Å². The molecule has 1 heterocycles. The van der Waals surface area contributed by atoms with Crippen molar-refractivity contribution in [1.82, 2.24) is 5.32 Å². The Labute approximate surface area is 56.8 Å². The predicted octanol–water partition coefficient (Wildman–Crippen LogP) is 0.333. The lowest BCUT2D eigenvalue weighted by atomic mass is 9.88. The number of rotatable bonds is 2. The van der Waals surface area contributed by atoms with Crippen molar-refractivity contribution in [3.05, 3.63) is 0 Å². The molecule has 1 aliphatic heterocycles. The quantitative estimate of drug-likeness (QED) is 0.562. The minimum Gasteiger partial charge on any atom is -0.326 e. The smallest absolute Gasteiger partial charge is 0.0101 e. The van der Waals surface area contributed by atoms with E-state index in [1.807, 2.05) is 0 Å². The summed E-state index contributed by atoms with van der Waals surface area (Å²) in [7, 11) is 0. The summed E-state index contributed by atoms with van der Waals surface area (Å²) in [6.07, 6.45) is 1.15. The Morgan fingerprint density at radius 1 is 1.56 bits per heavy atom. The Kier molecular flexibility index (Phi) is 1.78. The summed E-state index contributed by atoms with van der Waals surface area (Å²) in [6.45, 7) is 6.51. The van der Waals surface area contributed by atoms with Crippen LogP contribution in [0, 0.1) is 5.92 Å². The van der Waals surface area contributed by atoms with Gasteiger partial charge in [-0.2, -0.15) is 0 Å². The Balaban J connectivity index is 2.16.